The lowest BCUT2D eigenvalue weighted by molar-refractivity contribution is 0.189. The largest absolute Gasteiger partial charge is 0.495 e. The Balaban J connectivity index is 1.31. The molecule has 2 fully saturated rings. The molecule has 2 aromatic rings. The number of nitrogens with one attached hydrogen (secondary N) is 3. The van der Waals surface area contributed by atoms with Crippen LogP contribution in [0, 0.1) is 0 Å². The van der Waals surface area contributed by atoms with Crippen LogP contribution in [0.5, 0.6) is 5.75 Å². The van der Waals surface area contributed by atoms with E-state index in [2.05, 4.69) is 20.9 Å². The smallest absolute Gasteiger partial charge is 0.321 e. The van der Waals surface area contributed by atoms with E-state index in [1.807, 2.05) is 41.3 Å². The van der Waals surface area contributed by atoms with Crippen molar-refractivity contribution in [1.29, 1.82) is 0 Å². The number of urea groups is 1. The summed E-state index contributed by atoms with van der Waals surface area (Å²) < 4.78 is 5.36. The molecule has 168 valence electrons. The minimum Gasteiger partial charge on any atom is -0.495 e. The van der Waals surface area contributed by atoms with Crippen molar-refractivity contribution >= 4 is 29.1 Å². The van der Waals surface area contributed by atoms with Crippen molar-refractivity contribution in [2.24, 2.45) is 4.99 Å². The number of anilines is 2. The summed E-state index contributed by atoms with van der Waals surface area (Å²) in [5, 5.41) is 10.5. The van der Waals surface area contributed by atoms with Gasteiger partial charge in [0.05, 0.1) is 24.0 Å². The van der Waals surface area contributed by atoms with E-state index in [4.69, 9.17) is 9.73 Å². The van der Waals surface area contributed by atoms with Crippen LogP contribution in [-0.2, 0) is 0 Å². The molecule has 1 aliphatic carbocycles. The molecule has 1 saturated heterocycles. The fourth-order valence-corrected chi connectivity index (χ4v) is 4.94. The number of methoxy groups -OCH3 is 1. The van der Waals surface area contributed by atoms with E-state index in [1.165, 1.54) is 25.7 Å². The van der Waals surface area contributed by atoms with Crippen LogP contribution in [0.3, 0.4) is 0 Å². The fourth-order valence-electron chi connectivity index (χ4n) is 4.94. The number of pyridine rings is 1. The zero-order valence-electron chi connectivity index (χ0n) is 18.4. The van der Waals surface area contributed by atoms with Gasteiger partial charge >= 0.3 is 6.03 Å². The van der Waals surface area contributed by atoms with Gasteiger partial charge in [0, 0.05) is 25.3 Å². The number of rotatable bonds is 3. The molecule has 8 nitrogen and oxygen atoms in total. The number of hydrogen-bond donors (Lipinski definition) is 3. The van der Waals surface area contributed by atoms with Crippen LogP contribution in [-0.4, -0.2) is 53.5 Å². The average Bonchev–Trinajstić information content (AvgIpc) is 3.34. The fraction of sp³-hybridized carbons (Fsp3) is 0.458. The second-order valence-corrected chi connectivity index (χ2v) is 8.79. The molecular weight excluding hydrogens is 404 g/mol. The lowest BCUT2D eigenvalue weighted by Gasteiger charge is -2.45. The zero-order chi connectivity index (χ0) is 22.0. The van der Waals surface area contributed by atoms with Gasteiger partial charge in [-0.3, -0.25) is 0 Å². The molecule has 3 aliphatic rings. The summed E-state index contributed by atoms with van der Waals surface area (Å²) in [6.07, 6.45) is 8.21. The summed E-state index contributed by atoms with van der Waals surface area (Å²) in [6, 6.07) is 11.8. The maximum absolute atomic E-state index is 12.9. The molecule has 32 heavy (non-hydrogen) atoms. The Kier molecular flexibility index (Phi) is 5.59. The lowest BCUT2D eigenvalue weighted by atomic mass is 9.84. The monoisotopic (exact) mass is 434 g/mol. The second kappa shape index (κ2) is 8.68. The van der Waals surface area contributed by atoms with Crippen LogP contribution in [0.1, 0.15) is 38.5 Å². The predicted octanol–water partition coefficient (Wildman–Crippen LogP) is 4.14. The molecule has 2 amide bonds. The van der Waals surface area contributed by atoms with E-state index in [-0.39, 0.29) is 11.6 Å². The van der Waals surface area contributed by atoms with Crippen LogP contribution in [0.2, 0.25) is 0 Å². The Morgan fingerprint density at radius 1 is 1.16 bits per heavy atom. The molecule has 1 aromatic heterocycles. The van der Waals surface area contributed by atoms with Crippen molar-refractivity contribution in [3.63, 3.8) is 0 Å². The van der Waals surface area contributed by atoms with E-state index >= 15 is 0 Å². The summed E-state index contributed by atoms with van der Waals surface area (Å²) >= 11 is 0. The van der Waals surface area contributed by atoms with Gasteiger partial charge in [0.2, 0.25) is 0 Å². The van der Waals surface area contributed by atoms with E-state index < -0.39 is 0 Å². The topological polar surface area (TPSA) is 90.9 Å². The van der Waals surface area contributed by atoms with Crippen LogP contribution >= 0.6 is 0 Å². The molecule has 1 spiro atoms. The summed E-state index contributed by atoms with van der Waals surface area (Å²) in [7, 11) is 1.61. The van der Waals surface area contributed by atoms with Crippen molar-refractivity contribution in [2.45, 2.75) is 50.1 Å². The second-order valence-electron chi connectivity index (χ2n) is 8.79. The minimum absolute atomic E-state index is 0.107. The molecular formula is C24H30N6O2. The summed E-state index contributed by atoms with van der Waals surface area (Å²) in [5.74, 6) is 2.36. The summed E-state index contributed by atoms with van der Waals surface area (Å²) in [5.41, 5.74) is 1.33. The number of para-hydroxylation sites is 2. The van der Waals surface area contributed by atoms with Crippen molar-refractivity contribution in [2.75, 3.05) is 30.8 Å². The molecule has 1 saturated carbocycles. The Labute approximate surface area is 188 Å². The first kappa shape index (κ1) is 20.6. The van der Waals surface area contributed by atoms with Gasteiger partial charge in [-0.15, -0.1) is 0 Å². The highest BCUT2D eigenvalue weighted by Crippen LogP contribution is 2.37. The third-order valence-corrected chi connectivity index (χ3v) is 6.78. The van der Waals surface area contributed by atoms with Gasteiger partial charge in [0.15, 0.2) is 5.82 Å². The molecule has 1 aromatic carbocycles. The van der Waals surface area contributed by atoms with Crippen molar-refractivity contribution in [3.05, 3.63) is 42.6 Å². The van der Waals surface area contributed by atoms with Gasteiger partial charge in [-0.1, -0.05) is 25.0 Å². The first-order valence-corrected chi connectivity index (χ1v) is 11.4. The van der Waals surface area contributed by atoms with Crippen molar-refractivity contribution < 1.29 is 9.53 Å². The first-order chi connectivity index (χ1) is 15.7. The Morgan fingerprint density at radius 3 is 2.72 bits per heavy atom. The number of benzene rings is 1. The number of amidine groups is 1. The molecule has 0 atom stereocenters. The van der Waals surface area contributed by atoms with Gasteiger partial charge in [-0.25, -0.2) is 14.8 Å². The Morgan fingerprint density at radius 2 is 1.94 bits per heavy atom. The van der Waals surface area contributed by atoms with Gasteiger partial charge in [-0.2, -0.15) is 0 Å². The number of aliphatic imine (C=N–C) groups is 1. The molecule has 8 heteroatoms. The van der Waals surface area contributed by atoms with Crippen LogP contribution in [0.15, 0.2) is 47.6 Å². The number of amides is 2. The molecule has 3 N–H and O–H groups in total. The highest BCUT2D eigenvalue weighted by atomic mass is 16.5. The maximum Gasteiger partial charge on any atom is 0.321 e. The maximum atomic E-state index is 12.9. The first-order valence-electron chi connectivity index (χ1n) is 11.4. The molecule has 3 heterocycles. The number of ether oxygens (including phenoxy) is 1. The summed E-state index contributed by atoms with van der Waals surface area (Å²) in [4.78, 5) is 24.2. The molecule has 5 rings (SSSR count). The van der Waals surface area contributed by atoms with E-state index in [0.29, 0.717) is 30.6 Å². The lowest BCUT2D eigenvalue weighted by Crippen LogP contribution is -2.61. The zero-order valence-corrected chi connectivity index (χ0v) is 18.4. The van der Waals surface area contributed by atoms with Crippen molar-refractivity contribution in [3.8, 4) is 5.75 Å². The predicted molar refractivity (Wildman–Crippen MR) is 126 cm³/mol. The van der Waals surface area contributed by atoms with E-state index in [9.17, 15) is 4.79 Å². The molecule has 0 radical (unpaired) electrons. The normalized spacial score (nSPS) is 19.7. The molecule has 0 unspecified atom stereocenters. The number of carbonyl (C=O) groups is 1. The number of hydrogen-bond acceptors (Lipinski definition) is 6. The SMILES string of the molecule is COc1ccccc1NC(=O)N1CCC2(CC1)Nc1cccnc1N=C2NC1CCCC1. The van der Waals surface area contributed by atoms with Gasteiger partial charge < -0.3 is 25.6 Å². The number of carbonyl (C=O) groups excluding carboxylic acids is 1. The minimum atomic E-state index is -0.306. The summed E-state index contributed by atoms with van der Waals surface area (Å²) in [6.45, 7) is 1.27. The average molecular weight is 435 g/mol. The van der Waals surface area contributed by atoms with E-state index in [0.717, 1.165) is 30.2 Å². The Hall–Kier alpha value is -3.29. The third-order valence-electron chi connectivity index (χ3n) is 6.78. The van der Waals surface area contributed by atoms with Gasteiger partial charge in [-0.05, 0) is 49.9 Å². The standard InChI is InChI=1S/C24H30N6O2/c1-32-20-11-5-4-9-18(20)27-23(31)30-15-12-24(13-16-30)22(26-17-7-2-3-8-17)28-21-19(29-24)10-6-14-25-21/h4-6,9-11,14,17,29H,2-3,7-8,12-13,15-16H2,1H3,(H,27,31)(H,25,26,28). The Bertz CT molecular complexity index is 1010. The highest BCUT2D eigenvalue weighted by Gasteiger charge is 2.44. The number of likely N-dealkylation sites (tertiary alicyclic amines) is 1. The number of piperidine rings is 1. The number of nitrogens with zero attached hydrogens (tertiary/aromatic N) is 3. The number of aromatic nitrogens is 1. The van der Waals surface area contributed by atoms with Crippen LogP contribution in [0.25, 0.3) is 0 Å². The molecule has 2 aliphatic heterocycles. The quantitative estimate of drug-likeness (QED) is 0.675. The van der Waals surface area contributed by atoms with Crippen LogP contribution < -0.4 is 20.7 Å². The van der Waals surface area contributed by atoms with E-state index in [1.54, 1.807) is 13.3 Å². The highest BCUT2D eigenvalue weighted by molar-refractivity contribution is 6.00. The third kappa shape index (κ3) is 3.97. The number of fused-ring (bicyclic) bond motifs is 1. The van der Waals surface area contributed by atoms with Gasteiger partial charge in [0.25, 0.3) is 0 Å². The van der Waals surface area contributed by atoms with Crippen molar-refractivity contribution in [1.82, 2.24) is 15.2 Å². The molecule has 0 bridgehead atoms. The van der Waals surface area contributed by atoms with Crippen LogP contribution in [0.4, 0.5) is 22.0 Å². The van der Waals surface area contributed by atoms with Gasteiger partial charge in [0.1, 0.15) is 11.6 Å².